The highest BCUT2D eigenvalue weighted by Gasteiger charge is 2.18. The SMILES string of the molecule is CC[C@@H](Oc1cccc2ccccc12)C(=O)NCCOc1cccc(C)c1. The molecule has 0 spiro atoms. The summed E-state index contributed by atoms with van der Waals surface area (Å²) in [5, 5.41) is 5.00. The van der Waals surface area contributed by atoms with Crippen molar-refractivity contribution in [3.05, 3.63) is 72.3 Å². The Labute approximate surface area is 160 Å². The van der Waals surface area contributed by atoms with Gasteiger partial charge >= 0.3 is 0 Å². The second-order valence-electron chi connectivity index (χ2n) is 6.45. The van der Waals surface area contributed by atoms with Gasteiger partial charge < -0.3 is 14.8 Å². The molecule has 0 saturated heterocycles. The fraction of sp³-hybridized carbons (Fsp3) is 0.261. The molecular formula is C23H25NO3. The molecule has 0 bridgehead atoms. The molecule has 140 valence electrons. The minimum Gasteiger partial charge on any atom is -0.492 e. The van der Waals surface area contributed by atoms with Gasteiger partial charge in [0.1, 0.15) is 18.1 Å². The van der Waals surface area contributed by atoms with Crippen molar-refractivity contribution in [3.63, 3.8) is 0 Å². The highest BCUT2D eigenvalue weighted by atomic mass is 16.5. The highest BCUT2D eigenvalue weighted by Crippen LogP contribution is 2.26. The zero-order chi connectivity index (χ0) is 19.1. The van der Waals surface area contributed by atoms with E-state index >= 15 is 0 Å². The molecule has 0 saturated carbocycles. The van der Waals surface area contributed by atoms with Crippen molar-refractivity contribution in [1.82, 2.24) is 5.32 Å². The first-order valence-corrected chi connectivity index (χ1v) is 9.29. The molecule has 0 aliphatic heterocycles. The van der Waals surface area contributed by atoms with Gasteiger partial charge in [0, 0.05) is 5.39 Å². The third kappa shape index (κ3) is 5.00. The third-order valence-corrected chi connectivity index (χ3v) is 4.34. The van der Waals surface area contributed by atoms with E-state index in [0.717, 1.165) is 27.8 Å². The van der Waals surface area contributed by atoms with E-state index < -0.39 is 6.10 Å². The number of hydrogen-bond acceptors (Lipinski definition) is 3. The Hall–Kier alpha value is -3.01. The minimum absolute atomic E-state index is 0.127. The Kier molecular flexibility index (Phi) is 6.31. The maximum absolute atomic E-state index is 12.5. The van der Waals surface area contributed by atoms with E-state index in [1.807, 2.05) is 80.6 Å². The van der Waals surface area contributed by atoms with Crippen LogP contribution in [0.5, 0.6) is 11.5 Å². The summed E-state index contributed by atoms with van der Waals surface area (Å²) in [4.78, 5) is 12.5. The Balaban J connectivity index is 1.54. The fourth-order valence-electron chi connectivity index (χ4n) is 2.94. The van der Waals surface area contributed by atoms with Gasteiger partial charge in [-0.25, -0.2) is 0 Å². The molecule has 0 radical (unpaired) electrons. The first-order valence-electron chi connectivity index (χ1n) is 9.29. The largest absolute Gasteiger partial charge is 0.492 e. The molecule has 1 atom stereocenters. The summed E-state index contributed by atoms with van der Waals surface area (Å²) >= 11 is 0. The van der Waals surface area contributed by atoms with Crippen LogP contribution >= 0.6 is 0 Å². The van der Waals surface area contributed by atoms with E-state index in [1.54, 1.807) is 0 Å². The number of carbonyl (C=O) groups excluding carboxylic acids is 1. The Bertz CT molecular complexity index is 902. The van der Waals surface area contributed by atoms with Crippen LogP contribution in [-0.2, 0) is 4.79 Å². The van der Waals surface area contributed by atoms with Gasteiger partial charge in [0.05, 0.1) is 6.54 Å². The molecule has 0 aliphatic rings. The van der Waals surface area contributed by atoms with Crippen molar-refractivity contribution in [2.24, 2.45) is 0 Å². The van der Waals surface area contributed by atoms with Crippen molar-refractivity contribution in [1.29, 1.82) is 0 Å². The van der Waals surface area contributed by atoms with E-state index in [4.69, 9.17) is 9.47 Å². The standard InChI is InChI=1S/C23H25NO3/c1-3-21(27-22-13-7-10-18-9-4-5-12-20(18)22)23(25)24-14-15-26-19-11-6-8-17(2)16-19/h4-13,16,21H,3,14-15H2,1-2H3,(H,24,25)/t21-/m1/s1. The molecule has 27 heavy (non-hydrogen) atoms. The van der Waals surface area contributed by atoms with Crippen LogP contribution in [0.3, 0.4) is 0 Å². The average Bonchev–Trinajstić information content (AvgIpc) is 2.69. The molecule has 3 aromatic rings. The van der Waals surface area contributed by atoms with Crippen LogP contribution in [-0.4, -0.2) is 25.2 Å². The second kappa shape index (κ2) is 9.08. The quantitative estimate of drug-likeness (QED) is 0.600. The normalized spacial score (nSPS) is 11.8. The molecule has 4 nitrogen and oxygen atoms in total. The number of hydrogen-bond donors (Lipinski definition) is 1. The topological polar surface area (TPSA) is 47.6 Å². The molecule has 0 heterocycles. The van der Waals surface area contributed by atoms with Gasteiger partial charge in [-0.2, -0.15) is 0 Å². The van der Waals surface area contributed by atoms with Crippen LogP contribution in [0, 0.1) is 6.92 Å². The zero-order valence-corrected chi connectivity index (χ0v) is 15.8. The first kappa shape index (κ1) is 18.8. The maximum Gasteiger partial charge on any atom is 0.261 e. The number of fused-ring (bicyclic) bond motifs is 1. The molecule has 0 aromatic heterocycles. The lowest BCUT2D eigenvalue weighted by atomic mass is 10.1. The molecule has 1 amide bonds. The molecule has 0 fully saturated rings. The summed E-state index contributed by atoms with van der Waals surface area (Å²) in [5.41, 5.74) is 1.14. The Morgan fingerprint density at radius 2 is 1.81 bits per heavy atom. The summed E-state index contributed by atoms with van der Waals surface area (Å²) < 4.78 is 11.7. The van der Waals surface area contributed by atoms with Crippen molar-refractivity contribution in [2.75, 3.05) is 13.2 Å². The molecule has 0 unspecified atom stereocenters. The molecule has 1 N–H and O–H groups in total. The van der Waals surface area contributed by atoms with E-state index in [-0.39, 0.29) is 5.91 Å². The van der Waals surface area contributed by atoms with Crippen LogP contribution in [0.1, 0.15) is 18.9 Å². The van der Waals surface area contributed by atoms with Crippen molar-refractivity contribution in [2.45, 2.75) is 26.4 Å². The number of carbonyl (C=O) groups is 1. The monoisotopic (exact) mass is 363 g/mol. The van der Waals surface area contributed by atoms with Crippen LogP contribution in [0.25, 0.3) is 10.8 Å². The van der Waals surface area contributed by atoms with Gasteiger partial charge in [-0.15, -0.1) is 0 Å². The number of aryl methyl sites for hydroxylation is 1. The average molecular weight is 363 g/mol. The lowest BCUT2D eigenvalue weighted by Gasteiger charge is -2.18. The Morgan fingerprint density at radius 1 is 1.04 bits per heavy atom. The van der Waals surface area contributed by atoms with Gasteiger partial charge in [-0.05, 0) is 42.5 Å². The predicted molar refractivity (Wildman–Crippen MR) is 108 cm³/mol. The summed E-state index contributed by atoms with van der Waals surface area (Å²) in [6.07, 6.45) is 0.0584. The summed E-state index contributed by atoms with van der Waals surface area (Å²) in [6, 6.07) is 21.7. The lowest BCUT2D eigenvalue weighted by molar-refractivity contribution is -0.128. The minimum atomic E-state index is -0.533. The highest BCUT2D eigenvalue weighted by molar-refractivity contribution is 5.89. The first-order chi connectivity index (χ1) is 13.2. The maximum atomic E-state index is 12.5. The van der Waals surface area contributed by atoms with E-state index in [2.05, 4.69) is 5.32 Å². The van der Waals surface area contributed by atoms with Gasteiger partial charge in [0.25, 0.3) is 5.91 Å². The van der Waals surface area contributed by atoms with Gasteiger partial charge in [0.2, 0.25) is 0 Å². The van der Waals surface area contributed by atoms with Gasteiger partial charge in [-0.1, -0.05) is 55.5 Å². The molecular weight excluding hydrogens is 338 g/mol. The Morgan fingerprint density at radius 3 is 2.63 bits per heavy atom. The number of nitrogens with one attached hydrogen (secondary N) is 1. The smallest absolute Gasteiger partial charge is 0.261 e. The summed E-state index contributed by atoms with van der Waals surface area (Å²) in [7, 11) is 0. The van der Waals surface area contributed by atoms with Crippen LogP contribution in [0.2, 0.25) is 0 Å². The number of rotatable bonds is 8. The molecule has 0 aliphatic carbocycles. The number of ether oxygens (including phenoxy) is 2. The van der Waals surface area contributed by atoms with Gasteiger partial charge in [0.15, 0.2) is 6.10 Å². The fourth-order valence-corrected chi connectivity index (χ4v) is 2.94. The molecule has 3 aromatic carbocycles. The second-order valence-corrected chi connectivity index (χ2v) is 6.45. The number of benzene rings is 3. The van der Waals surface area contributed by atoms with Crippen molar-refractivity contribution in [3.8, 4) is 11.5 Å². The van der Waals surface area contributed by atoms with E-state index in [1.165, 1.54) is 0 Å². The molecule has 4 heteroatoms. The lowest BCUT2D eigenvalue weighted by Crippen LogP contribution is -2.39. The zero-order valence-electron chi connectivity index (χ0n) is 15.8. The van der Waals surface area contributed by atoms with Crippen molar-refractivity contribution < 1.29 is 14.3 Å². The van der Waals surface area contributed by atoms with Crippen LogP contribution in [0.4, 0.5) is 0 Å². The van der Waals surface area contributed by atoms with Crippen molar-refractivity contribution >= 4 is 16.7 Å². The molecule has 3 rings (SSSR count). The summed E-state index contributed by atoms with van der Waals surface area (Å²) in [5.74, 6) is 1.41. The third-order valence-electron chi connectivity index (χ3n) is 4.34. The predicted octanol–water partition coefficient (Wildman–Crippen LogP) is 4.50. The van der Waals surface area contributed by atoms with E-state index in [0.29, 0.717) is 19.6 Å². The van der Waals surface area contributed by atoms with E-state index in [9.17, 15) is 4.79 Å². The number of amides is 1. The van der Waals surface area contributed by atoms with Crippen LogP contribution in [0.15, 0.2) is 66.7 Å². The summed E-state index contributed by atoms with van der Waals surface area (Å²) in [6.45, 7) is 4.81. The van der Waals surface area contributed by atoms with Crippen LogP contribution < -0.4 is 14.8 Å². The van der Waals surface area contributed by atoms with Gasteiger partial charge in [-0.3, -0.25) is 4.79 Å².